The predicted molar refractivity (Wildman–Crippen MR) is 156 cm³/mol. The molecule has 0 atom stereocenters. The van der Waals surface area contributed by atoms with E-state index < -0.39 is 0 Å². The summed E-state index contributed by atoms with van der Waals surface area (Å²) in [5.41, 5.74) is 1.68. The highest BCUT2D eigenvalue weighted by Crippen LogP contribution is 2.36. The lowest BCUT2D eigenvalue weighted by Gasteiger charge is -2.18. The van der Waals surface area contributed by atoms with Crippen molar-refractivity contribution in [3.63, 3.8) is 0 Å². The molecule has 0 radical (unpaired) electrons. The van der Waals surface area contributed by atoms with Crippen molar-refractivity contribution >= 4 is 70.7 Å². The van der Waals surface area contributed by atoms with Gasteiger partial charge in [-0.15, -0.1) is 0 Å². The molecule has 0 unspecified atom stereocenters. The summed E-state index contributed by atoms with van der Waals surface area (Å²) in [5, 5.41) is 10.8. The van der Waals surface area contributed by atoms with Gasteiger partial charge in [-0.05, 0) is 48.6 Å². The standard InChI is InChI=1S/C26H29ClN5O2PS/c1-33-23-12-10-18(34-14-13-29-36-4)15-22(23)31-26-28-16-20(27)25(32-26)30-21-11-9-17-7-5-6-8-19(17)24(21)35(2)3/h5-12,15-16,29H,13-14H2,1-4H3,(H2,28,30,31,32). The molecule has 188 valence electrons. The van der Waals surface area contributed by atoms with Gasteiger partial charge < -0.3 is 20.1 Å². The van der Waals surface area contributed by atoms with Gasteiger partial charge in [0.15, 0.2) is 5.82 Å². The molecule has 0 bridgehead atoms. The number of methoxy groups -OCH3 is 1. The van der Waals surface area contributed by atoms with E-state index >= 15 is 0 Å². The summed E-state index contributed by atoms with van der Waals surface area (Å²) in [7, 11) is 1.23. The molecule has 4 rings (SSSR count). The van der Waals surface area contributed by atoms with Crippen molar-refractivity contribution in [3.8, 4) is 11.5 Å². The predicted octanol–water partition coefficient (Wildman–Crippen LogP) is 6.39. The van der Waals surface area contributed by atoms with Crippen molar-refractivity contribution < 1.29 is 9.47 Å². The smallest absolute Gasteiger partial charge is 0.229 e. The molecule has 0 aliphatic heterocycles. The number of hydrogen-bond acceptors (Lipinski definition) is 8. The molecular weight excluding hydrogens is 513 g/mol. The van der Waals surface area contributed by atoms with Crippen LogP contribution < -0.4 is 30.1 Å². The molecule has 3 aromatic carbocycles. The average molecular weight is 542 g/mol. The molecule has 0 saturated heterocycles. The van der Waals surface area contributed by atoms with Crippen LogP contribution in [0.5, 0.6) is 11.5 Å². The zero-order valence-corrected chi connectivity index (χ0v) is 23.1. The average Bonchev–Trinajstić information content (AvgIpc) is 2.88. The maximum Gasteiger partial charge on any atom is 0.229 e. The molecule has 4 aromatic rings. The Morgan fingerprint density at radius 2 is 1.86 bits per heavy atom. The largest absolute Gasteiger partial charge is 0.495 e. The number of anilines is 4. The van der Waals surface area contributed by atoms with Crippen molar-refractivity contribution in [3.05, 3.63) is 65.8 Å². The summed E-state index contributed by atoms with van der Waals surface area (Å²) in [6.45, 7) is 5.77. The van der Waals surface area contributed by atoms with E-state index in [9.17, 15) is 0 Å². The molecule has 3 N–H and O–H groups in total. The minimum atomic E-state index is -0.388. The molecule has 7 nitrogen and oxygen atoms in total. The number of benzene rings is 3. The van der Waals surface area contributed by atoms with E-state index in [1.165, 1.54) is 16.1 Å². The second kappa shape index (κ2) is 12.5. The van der Waals surface area contributed by atoms with Crippen LogP contribution >= 0.6 is 31.5 Å². The lowest BCUT2D eigenvalue weighted by Crippen LogP contribution is -2.14. The van der Waals surface area contributed by atoms with Gasteiger partial charge in [0, 0.05) is 23.6 Å². The van der Waals surface area contributed by atoms with E-state index in [-0.39, 0.29) is 7.92 Å². The Balaban J connectivity index is 1.60. The molecule has 0 saturated carbocycles. The van der Waals surface area contributed by atoms with Gasteiger partial charge in [0.25, 0.3) is 0 Å². The van der Waals surface area contributed by atoms with Crippen LogP contribution in [0.15, 0.2) is 60.8 Å². The summed E-state index contributed by atoms with van der Waals surface area (Å²) in [6.07, 6.45) is 3.57. The molecule has 0 amide bonds. The van der Waals surface area contributed by atoms with Crippen LogP contribution in [0.3, 0.4) is 0 Å². The van der Waals surface area contributed by atoms with Gasteiger partial charge in [0.05, 0.1) is 19.0 Å². The number of rotatable bonds is 11. The Labute approximate surface area is 222 Å². The number of nitrogens with one attached hydrogen (secondary N) is 3. The first-order valence-corrected chi connectivity index (χ1v) is 15.2. The second-order valence-electron chi connectivity index (χ2n) is 8.03. The van der Waals surface area contributed by atoms with Crippen molar-refractivity contribution in [2.45, 2.75) is 0 Å². The van der Waals surface area contributed by atoms with Gasteiger partial charge >= 0.3 is 0 Å². The van der Waals surface area contributed by atoms with Crippen LogP contribution in [0.2, 0.25) is 5.02 Å². The minimum Gasteiger partial charge on any atom is -0.495 e. The zero-order chi connectivity index (χ0) is 25.5. The van der Waals surface area contributed by atoms with E-state index in [1.807, 2.05) is 24.5 Å². The molecule has 36 heavy (non-hydrogen) atoms. The Morgan fingerprint density at radius 1 is 1.03 bits per heavy atom. The molecule has 0 aliphatic carbocycles. The first-order valence-electron chi connectivity index (χ1n) is 11.3. The van der Waals surface area contributed by atoms with Gasteiger partial charge in [-0.25, -0.2) is 4.98 Å². The molecule has 0 spiro atoms. The highest BCUT2D eigenvalue weighted by Gasteiger charge is 2.15. The minimum absolute atomic E-state index is 0.388. The van der Waals surface area contributed by atoms with E-state index in [1.54, 1.807) is 25.3 Å². The lowest BCUT2D eigenvalue weighted by molar-refractivity contribution is 0.324. The lowest BCUT2D eigenvalue weighted by atomic mass is 10.1. The highest BCUT2D eigenvalue weighted by molar-refractivity contribution is 7.96. The fraction of sp³-hybridized carbons (Fsp3) is 0.231. The first kappa shape index (κ1) is 26.3. The maximum absolute atomic E-state index is 6.50. The Morgan fingerprint density at radius 3 is 2.64 bits per heavy atom. The molecule has 1 heterocycles. The van der Waals surface area contributed by atoms with Crippen molar-refractivity contribution in [1.29, 1.82) is 0 Å². The third kappa shape index (κ3) is 6.31. The van der Waals surface area contributed by atoms with Crippen LogP contribution in [-0.4, -0.2) is 49.8 Å². The van der Waals surface area contributed by atoms with E-state index in [0.717, 1.165) is 12.2 Å². The number of aromatic nitrogens is 2. The van der Waals surface area contributed by atoms with Crippen molar-refractivity contribution in [2.75, 3.05) is 50.5 Å². The van der Waals surface area contributed by atoms with Crippen LogP contribution in [0.25, 0.3) is 10.8 Å². The monoisotopic (exact) mass is 541 g/mol. The van der Waals surface area contributed by atoms with Gasteiger partial charge in [0.2, 0.25) is 5.95 Å². The van der Waals surface area contributed by atoms with Gasteiger partial charge in [0.1, 0.15) is 23.1 Å². The highest BCUT2D eigenvalue weighted by atomic mass is 35.5. The summed E-state index contributed by atoms with van der Waals surface area (Å²) in [5.74, 6) is 2.28. The fourth-order valence-corrected chi connectivity index (χ4v) is 5.51. The summed E-state index contributed by atoms with van der Waals surface area (Å²) in [6, 6.07) is 18.2. The number of nitrogens with zero attached hydrogens (tertiary/aromatic N) is 2. The Hall–Kier alpha value is -2.77. The summed E-state index contributed by atoms with van der Waals surface area (Å²) >= 11 is 8.06. The fourth-order valence-electron chi connectivity index (χ4n) is 3.79. The summed E-state index contributed by atoms with van der Waals surface area (Å²) in [4.78, 5) is 9.04. The van der Waals surface area contributed by atoms with Crippen molar-refractivity contribution in [1.82, 2.24) is 14.7 Å². The molecule has 0 fully saturated rings. The quantitative estimate of drug-likeness (QED) is 0.114. The Kier molecular flexibility index (Phi) is 9.10. The van der Waals surface area contributed by atoms with E-state index in [4.69, 9.17) is 21.1 Å². The van der Waals surface area contributed by atoms with Gasteiger partial charge in [-0.3, -0.25) is 4.72 Å². The number of hydrogen-bond donors (Lipinski definition) is 3. The van der Waals surface area contributed by atoms with E-state index in [2.05, 4.69) is 75.1 Å². The van der Waals surface area contributed by atoms with Crippen LogP contribution in [0, 0.1) is 0 Å². The number of ether oxygens (including phenoxy) is 2. The van der Waals surface area contributed by atoms with Crippen molar-refractivity contribution in [2.24, 2.45) is 0 Å². The molecule has 10 heteroatoms. The SMILES string of the molecule is COc1ccc(OCCNSC)cc1Nc1ncc(Cl)c(Nc2ccc3ccccc3c2P(C)C)n1. The summed E-state index contributed by atoms with van der Waals surface area (Å²) < 4.78 is 14.5. The maximum atomic E-state index is 6.50. The second-order valence-corrected chi connectivity index (χ2v) is 11.4. The van der Waals surface area contributed by atoms with Crippen LogP contribution in [-0.2, 0) is 0 Å². The molecule has 0 aliphatic rings. The van der Waals surface area contributed by atoms with Gasteiger partial charge in [-0.2, -0.15) is 4.98 Å². The molecule has 1 aromatic heterocycles. The van der Waals surface area contributed by atoms with Gasteiger partial charge in [-0.1, -0.05) is 61.8 Å². The Bertz CT molecular complexity index is 1340. The third-order valence-corrected chi connectivity index (χ3v) is 7.53. The number of halogens is 1. The topological polar surface area (TPSA) is 80.3 Å². The first-order chi connectivity index (χ1) is 17.5. The number of fused-ring (bicyclic) bond motifs is 1. The van der Waals surface area contributed by atoms with E-state index in [0.29, 0.717) is 40.6 Å². The molecular formula is C26H29ClN5O2PS. The van der Waals surface area contributed by atoms with Crippen LogP contribution in [0.1, 0.15) is 0 Å². The van der Waals surface area contributed by atoms with Crippen LogP contribution in [0.4, 0.5) is 23.1 Å². The zero-order valence-electron chi connectivity index (χ0n) is 20.6. The third-order valence-electron chi connectivity index (χ3n) is 5.38. The normalized spacial score (nSPS) is 11.1.